The summed E-state index contributed by atoms with van der Waals surface area (Å²) in [5.41, 5.74) is 7.05. The van der Waals surface area contributed by atoms with Gasteiger partial charge in [0.1, 0.15) is 0 Å². The zero-order valence-electron chi connectivity index (χ0n) is 16.1. The van der Waals surface area contributed by atoms with Crippen molar-refractivity contribution in [1.29, 1.82) is 0 Å². The molecule has 1 aliphatic rings. The van der Waals surface area contributed by atoms with Crippen LogP contribution in [-0.2, 0) is 20.0 Å². The molecule has 0 aromatic carbocycles. The maximum absolute atomic E-state index is 4.67. The fraction of sp³-hybridized carbons (Fsp3) is 0.286. The van der Waals surface area contributed by atoms with Crippen molar-refractivity contribution in [2.75, 3.05) is 6.54 Å². The number of aromatic nitrogens is 6. The van der Waals surface area contributed by atoms with E-state index < -0.39 is 0 Å². The van der Waals surface area contributed by atoms with Gasteiger partial charge in [-0.3, -0.25) is 14.6 Å². The molecular formula is C21H23N7. The minimum absolute atomic E-state index is 0.0981. The van der Waals surface area contributed by atoms with Gasteiger partial charge in [-0.2, -0.15) is 5.10 Å². The van der Waals surface area contributed by atoms with Gasteiger partial charge in [-0.15, -0.1) is 0 Å². The van der Waals surface area contributed by atoms with E-state index in [0.717, 1.165) is 30.9 Å². The number of fused-ring (bicyclic) bond motifs is 1. The van der Waals surface area contributed by atoms with Gasteiger partial charge in [-0.1, -0.05) is 0 Å². The highest BCUT2D eigenvalue weighted by Gasteiger charge is 2.33. The molecule has 0 fully saturated rings. The van der Waals surface area contributed by atoms with Crippen LogP contribution in [-0.4, -0.2) is 40.7 Å². The van der Waals surface area contributed by atoms with Crippen LogP contribution in [0.25, 0.3) is 5.69 Å². The monoisotopic (exact) mass is 373 g/mol. The van der Waals surface area contributed by atoms with E-state index in [1.54, 1.807) is 6.20 Å². The van der Waals surface area contributed by atoms with E-state index in [2.05, 4.69) is 60.8 Å². The summed E-state index contributed by atoms with van der Waals surface area (Å²) >= 11 is 0. The molecule has 5 rings (SSSR count). The second-order valence-corrected chi connectivity index (χ2v) is 7.28. The van der Waals surface area contributed by atoms with Gasteiger partial charge >= 0.3 is 0 Å². The smallest absolute Gasteiger partial charge is 0.0926 e. The van der Waals surface area contributed by atoms with Gasteiger partial charge in [-0.25, -0.2) is 4.98 Å². The third kappa shape index (κ3) is 2.75. The summed E-state index contributed by atoms with van der Waals surface area (Å²) in [7, 11) is 1.99. The number of aryl methyl sites for hydroxylation is 1. The number of pyridine rings is 1. The van der Waals surface area contributed by atoms with E-state index in [1.165, 1.54) is 22.6 Å². The first-order chi connectivity index (χ1) is 13.7. The number of hydrogen-bond acceptors (Lipinski definition) is 4. The number of H-pyrrole nitrogens is 1. The summed E-state index contributed by atoms with van der Waals surface area (Å²) < 4.78 is 4.15. The minimum Gasteiger partial charge on any atom is -0.348 e. The van der Waals surface area contributed by atoms with Gasteiger partial charge in [0.15, 0.2) is 0 Å². The number of nitrogens with zero attached hydrogens (tertiary/aromatic N) is 6. The van der Waals surface area contributed by atoms with Crippen LogP contribution >= 0.6 is 0 Å². The van der Waals surface area contributed by atoms with Crippen LogP contribution in [0, 0.1) is 6.92 Å². The molecule has 4 aromatic rings. The van der Waals surface area contributed by atoms with Crippen LogP contribution in [0.3, 0.4) is 0 Å². The largest absolute Gasteiger partial charge is 0.348 e. The molecule has 4 aromatic heterocycles. The molecule has 0 unspecified atom stereocenters. The Kier molecular flexibility index (Phi) is 4.09. The van der Waals surface area contributed by atoms with Crippen LogP contribution in [0.4, 0.5) is 0 Å². The standard InChI is InChI=1S/C21H23N7/c1-15-18(12-25-26(15)2)21-20-19(23-14-24-20)7-10-27(21)13-17-6-4-9-28(17)16-5-3-8-22-11-16/h3-6,8-9,11-12,14,21H,7,10,13H2,1-2H3,(H,23,24)/t21-/m0/s1. The molecule has 1 atom stereocenters. The molecule has 142 valence electrons. The van der Waals surface area contributed by atoms with Gasteiger partial charge in [0.2, 0.25) is 0 Å². The predicted molar refractivity (Wildman–Crippen MR) is 106 cm³/mol. The van der Waals surface area contributed by atoms with E-state index in [0.29, 0.717) is 0 Å². The Bertz CT molecular complexity index is 1090. The van der Waals surface area contributed by atoms with E-state index in [4.69, 9.17) is 0 Å². The van der Waals surface area contributed by atoms with Crippen molar-refractivity contribution >= 4 is 0 Å². The van der Waals surface area contributed by atoms with E-state index in [9.17, 15) is 0 Å². The average Bonchev–Trinajstić information content (AvgIpc) is 3.45. The zero-order chi connectivity index (χ0) is 19.1. The molecule has 0 spiro atoms. The lowest BCUT2D eigenvalue weighted by molar-refractivity contribution is 0.196. The molecule has 28 heavy (non-hydrogen) atoms. The second kappa shape index (κ2) is 6.76. The predicted octanol–water partition coefficient (Wildman–Crippen LogP) is 2.79. The number of rotatable bonds is 4. The van der Waals surface area contributed by atoms with E-state index in [1.807, 2.05) is 36.5 Å². The molecule has 0 aliphatic carbocycles. The molecule has 0 radical (unpaired) electrons. The summed E-state index contributed by atoms with van der Waals surface area (Å²) in [6.07, 6.45) is 10.6. The maximum Gasteiger partial charge on any atom is 0.0926 e. The van der Waals surface area contributed by atoms with Crippen molar-refractivity contribution in [3.05, 3.63) is 83.7 Å². The van der Waals surface area contributed by atoms with Crippen molar-refractivity contribution in [3.8, 4) is 5.69 Å². The fourth-order valence-electron chi connectivity index (χ4n) is 4.12. The van der Waals surface area contributed by atoms with Crippen LogP contribution in [0.2, 0.25) is 0 Å². The first kappa shape index (κ1) is 16.9. The van der Waals surface area contributed by atoms with Gasteiger partial charge in [-0.05, 0) is 31.2 Å². The molecule has 0 bridgehead atoms. The van der Waals surface area contributed by atoms with Crippen molar-refractivity contribution in [2.24, 2.45) is 7.05 Å². The minimum atomic E-state index is 0.0981. The SMILES string of the molecule is Cc1c([C@H]2c3nc[nH]c3CCN2Cc2cccn2-c2cccnc2)cnn1C. The number of imidazole rings is 1. The van der Waals surface area contributed by atoms with Crippen LogP contribution in [0.5, 0.6) is 0 Å². The van der Waals surface area contributed by atoms with Crippen LogP contribution < -0.4 is 0 Å². The second-order valence-electron chi connectivity index (χ2n) is 7.28. The molecule has 5 heterocycles. The molecule has 0 saturated carbocycles. The average molecular weight is 373 g/mol. The quantitative estimate of drug-likeness (QED) is 0.597. The Hall–Kier alpha value is -3.19. The van der Waals surface area contributed by atoms with Crippen molar-refractivity contribution in [3.63, 3.8) is 0 Å². The number of hydrogen-bond donors (Lipinski definition) is 1. The molecule has 7 heteroatoms. The summed E-state index contributed by atoms with van der Waals surface area (Å²) in [6.45, 7) is 3.92. The molecule has 1 aliphatic heterocycles. The van der Waals surface area contributed by atoms with Gasteiger partial charge in [0.05, 0.1) is 36.1 Å². The summed E-state index contributed by atoms with van der Waals surface area (Å²) in [4.78, 5) is 14.8. The maximum atomic E-state index is 4.67. The van der Waals surface area contributed by atoms with Crippen molar-refractivity contribution in [2.45, 2.75) is 25.9 Å². The number of aromatic amines is 1. The molecule has 0 amide bonds. The Morgan fingerprint density at radius 2 is 2.14 bits per heavy atom. The third-order valence-electron chi connectivity index (χ3n) is 5.71. The van der Waals surface area contributed by atoms with Gasteiger partial charge in [0.25, 0.3) is 0 Å². The zero-order valence-corrected chi connectivity index (χ0v) is 16.1. The highest BCUT2D eigenvalue weighted by molar-refractivity contribution is 5.35. The molecule has 0 saturated heterocycles. The van der Waals surface area contributed by atoms with Gasteiger partial charge in [0, 0.05) is 61.6 Å². The van der Waals surface area contributed by atoms with E-state index in [-0.39, 0.29) is 6.04 Å². The Labute approximate surface area is 163 Å². The van der Waals surface area contributed by atoms with Gasteiger partial charge < -0.3 is 9.55 Å². The summed E-state index contributed by atoms with van der Waals surface area (Å²) in [5.74, 6) is 0. The lowest BCUT2D eigenvalue weighted by Crippen LogP contribution is -2.36. The summed E-state index contributed by atoms with van der Waals surface area (Å²) in [6, 6.07) is 8.43. The van der Waals surface area contributed by atoms with Crippen LogP contribution in [0.15, 0.2) is 55.4 Å². The third-order valence-corrected chi connectivity index (χ3v) is 5.71. The topological polar surface area (TPSA) is 67.6 Å². The normalized spacial score (nSPS) is 17.0. The van der Waals surface area contributed by atoms with Crippen molar-refractivity contribution < 1.29 is 0 Å². The highest BCUT2D eigenvalue weighted by Crippen LogP contribution is 2.35. The Morgan fingerprint density at radius 3 is 2.93 bits per heavy atom. The van der Waals surface area contributed by atoms with E-state index >= 15 is 0 Å². The molecule has 1 N–H and O–H groups in total. The lowest BCUT2D eigenvalue weighted by Gasteiger charge is -2.35. The van der Waals surface area contributed by atoms with Crippen LogP contribution in [0.1, 0.15) is 34.4 Å². The Balaban J connectivity index is 1.53. The van der Waals surface area contributed by atoms with Crippen molar-refractivity contribution in [1.82, 2.24) is 34.2 Å². The number of nitrogens with one attached hydrogen (secondary N) is 1. The first-order valence-corrected chi connectivity index (χ1v) is 9.53. The fourth-order valence-corrected chi connectivity index (χ4v) is 4.12. The highest BCUT2D eigenvalue weighted by atomic mass is 15.3. The Morgan fingerprint density at radius 1 is 1.21 bits per heavy atom. The molecule has 7 nitrogen and oxygen atoms in total. The lowest BCUT2D eigenvalue weighted by atomic mass is 9.96. The summed E-state index contributed by atoms with van der Waals surface area (Å²) in [5, 5.41) is 4.48. The molecular weight excluding hydrogens is 350 g/mol. The first-order valence-electron chi connectivity index (χ1n) is 9.53.